The minimum atomic E-state index is -3.52. The van der Waals surface area contributed by atoms with Crippen molar-refractivity contribution in [3.05, 3.63) is 45.0 Å². The van der Waals surface area contributed by atoms with E-state index in [-0.39, 0.29) is 4.90 Å². The van der Waals surface area contributed by atoms with Gasteiger partial charge in [0, 0.05) is 32.9 Å². The van der Waals surface area contributed by atoms with E-state index in [4.69, 9.17) is 0 Å². The van der Waals surface area contributed by atoms with Crippen molar-refractivity contribution in [3.63, 3.8) is 0 Å². The number of thioether (sulfide) groups is 1. The first-order valence-corrected chi connectivity index (χ1v) is 13.5. The topological polar surface area (TPSA) is 123 Å². The van der Waals surface area contributed by atoms with Crippen LogP contribution in [0.5, 0.6) is 0 Å². The molecule has 0 saturated carbocycles. The van der Waals surface area contributed by atoms with Gasteiger partial charge in [-0.1, -0.05) is 31.5 Å². The largest absolute Gasteiger partial charge is 0.330 e. The van der Waals surface area contributed by atoms with E-state index in [0.29, 0.717) is 47.4 Å². The number of rotatable bonds is 8. The first-order chi connectivity index (χ1) is 15.8. The second-order valence-electron chi connectivity index (χ2n) is 8.11. The average Bonchev–Trinajstić information content (AvgIpc) is 3.15. The molecule has 0 aromatic carbocycles. The van der Waals surface area contributed by atoms with Crippen molar-refractivity contribution in [2.24, 2.45) is 7.05 Å². The Hall–Kier alpha value is -2.44. The Morgan fingerprint density at radius 3 is 2.58 bits per heavy atom. The number of sulfonamides is 1. The number of H-pyrrole nitrogens is 1. The van der Waals surface area contributed by atoms with Crippen LogP contribution in [0.3, 0.4) is 0 Å². The van der Waals surface area contributed by atoms with E-state index in [2.05, 4.69) is 15.0 Å². The Labute approximate surface area is 196 Å². The summed E-state index contributed by atoms with van der Waals surface area (Å²) in [5.41, 5.74) is -0.173. The van der Waals surface area contributed by atoms with E-state index >= 15 is 0 Å². The number of unbranched alkanes of at least 4 members (excludes halogenated alkanes) is 1. The Morgan fingerprint density at radius 1 is 1.15 bits per heavy atom. The van der Waals surface area contributed by atoms with Gasteiger partial charge in [-0.05, 0) is 31.4 Å². The molecule has 1 aliphatic heterocycles. The summed E-state index contributed by atoms with van der Waals surface area (Å²) in [4.78, 5) is 36.1. The van der Waals surface area contributed by atoms with Crippen LogP contribution in [0.1, 0.15) is 44.9 Å². The highest BCUT2D eigenvalue weighted by Gasteiger charge is 2.26. The van der Waals surface area contributed by atoms with E-state index in [0.717, 1.165) is 32.1 Å². The third-order valence-electron chi connectivity index (χ3n) is 5.85. The number of nitrogens with zero attached hydrogens (tertiary/aromatic N) is 5. The number of pyridine rings is 1. The summed E-state index contributed by atoms with van der Waals surface area (Å²) in [7, 11) is -1.77. The second kappa shape index (κ2) is 9.82. The number of aromatic amines is 1. The zero-order valence-corrected chi connectivity index (χ0v) is 20.4. The SMILES string of the molecule is CCCCn1c(=O)[nH]c(=O)c2c1nc(CSc1ccc(S(=O)(=O)N3CCCCC3)cn1)n2C. The maximum absolute atomic E-state index is 12.8. The van der Waals surface area contributed by atoms with E-state index in [1.54, 1.807) is 23.7 Å². The highest BCUT2D eigenvalue weighted by atomic mass is 32.2. The Bertz CT molecular complexity index is 1350. The van der Waals surface area contributed by atoms with Crippen molar-refractivity contribution in [2.75, 3.05) is 13.1 Å². The molecule has 1 aliphatic rings. The smallest absolute Gasteiger partial charge is 0.325 e. The number of aryl methyl sites for hydroxylation is 2. The molecule has 12 heteroatoms. The molecule has 1 fully saturated rings. The summed E-state index contributed by atoms with van der Waals surface area (Å²) >= 11 is 1.39. The van der Waals surface area contributed by atoms with Gasteiger partial charge in [0.15, 0.2) is 11.2 Å². The highest BCUT2D eigenvalue weighted by molar-refractivity contribution is 7.98. The van der Waals surface area contributed by atoms with Gasteiger partial charge in [-0.2, -0.15) is 4.31 Å². The van der Waals surface area contributed by atoms with Crippen LogP contribution in [-0.2, 0) is 29.4 Å². The fourth-order valence-electron chi connectivity index (χ4n) is 3.94. The van der Waals surface area contributed by atoms with Gasteiger partial charge in [-0.25, -0.2) is 23.2 Å². The summed E-state index contributed by atoms with van der Waals surface area (Å²) in [6, 6.07) is 3.27. The lowest BCUT2D eigenvalue weighted by Gasteiger charge is -2.25. The summed E-state index contributed by atoms with van der Waals surface area (Å²) in [6.45, 7) is 3.62. The fraction of sp³-hybridized carbons (Fsp3) is 0.524. The van der Waals surface area contributed by atoms with Crippen LogP contribution in [0.2, 0.25) is 0 Å². The molecule has 0 spiro atoms. The van der Waals surface area contributed by atoms with Crippen molar-refractivity contribution in [2.45, 2.75) is 61.2 Å². The lowest BCUT2D eigenvalue weighted by molar-refractivity contribution is 0.346. The van der Waals surface area contributed by atoms with Crippen LogP contribution in [0.25, 0.3) is 11.2 Å². The van der Waals surface area contributed by atoms with Gasteiger partial charge in [-0.3, -0.25) is 14.3 Å². The van der Waals surface area contributed by atoms with Gasteiger partial charge < -0.3 is 4.57 Å². The molecular formula is C21H28N6O4S2. The molecule has 1 saturated heterocycles. The van der Waals surface area contributed by atoms with Crippen LogP contribution in [0, 0.1) is 0 Å². The second-order valence-corrected chi connectivity index (χ2v) is 11.0. The normalized spacial score (nSPS) is 15.3. The van der Waals surface area contributed by atoms with Gasteiger partial charge in [-0.15, -0.1) is 0 Å². The van der Waals surface area contributed by atoms with Crippen molar-refractivity contribution < 1.29 is 8.42 Å². The summed E-state index contributed by atoms with van der Waals surface area (Å²) in [5.74, 6) is 1.04. The van der Waals surface area contributed by atoms with Crippen molar-refractivity contribution in [1.82, 2.24) is 28.4 Å². The van der Waals surface area contributed by atoms with E-state index in [1.165, 1.54) is 26.8 Å². The molecule has 0 unspecified atom stereocenters. The standard InChI is InChI=1S/C21H28N6O4S2/c1-3-4-12-27-19-18(20(28)24-21(27)29)25(2)16(23-19)14-32-17-9-8-15(13-22-17)33(30,31)26-10-6-5-7-11-26/h8-9,13H,3-7,10-12,14H2,1-2H3,(H,24,28,29). The molecule has 3 aromatic heterocycles. The number of piperidine rings is 1. The first-order valence-electron chi connectivity index (χ1n) is 11.1. The number of aromatic nitrogens is 5. The zero-order valence-electron chi connectivity index (χ0n) is 18.8. The number of imidazole rings is 1. The van der Waals surface area contributed by atoms with Gasteiger partial charge in [0.2, 0.25) is 10.0 Å². The minimum Gasteiger partial charge on any atom is -0.325 e. The van der Waals surface area contributed by atoms with Crippen LogP contribution in [0.15, 0.2) is 37.8 Å². The molecule has 10 nitrogen and oxygen atoms in total. The lowest BCUT2D eigenvalue weighted by atomic mass is 10.2. The number of hydrogen-bond donors (Lipinski definition) is 1. The third-order valence-corrected chi connectivity index (χ3v) is 8.67. The predicted octanol–water partition coefficient (Wildman–Crippen LogP) is 2.09. The molecule has 3 aromatic rings. The Balaban J connectivity index is 1.54. The maximum atomic E-state index is 12.8. The molecule has 1 N–H and O–H groups in total. The van der Waals surface area contributed by atoms with Gasteiger partial charge in [0.1, 0.15) is 10.7 Å². The molecular weight excluding hydrogens is 464 g/mol. The van der Waals surface area contributed by atoms with E-state index in [9.17, 15) is 18.0 Å². The van der Waals surface area contributed by atoms with Gasteiger partial charge in [0.25, 0.3) is 5.56 Å². The summed E-state index contributed by atoms with van der Waals surface area (Å²) in [5, 5.41) is 0.650. The molecule has 0 atom stereocenters. The molecule has 4 rings (SSSR count). The Kier molecular flexibility index (Phi) is 7.05. The van der Waals surface area contributed by atoms with Gasteiger partial charge in [0.05, 0.1) is 10.8 Å². The minimum absolute atomic E-state index is 0.197. The molecule has 33 heavy (non-hydrogen) atoms. The van der Waals surface area contributed by atoms with E-state index in [1.807, 2.05) is 6.92 Å². The van der Waals surface area contributed by atoms with Crippen molar-refractivity contribution >= 4 is 32.9 Å². The van der Waals surface area contributed by atoms with Gasteiger partial charge >= 0.3 is 5.69 Å². The number of hydrogen-bond acceptors (Lipinski definition) is 7. The van der Waals surface area contributed by atoms with Crippen molar-refractivity contribution in [1.29, 1.82) is 0 Å². The summed E-state index contributed by atoms with van der Waals surface area (Å²) < 4.78 is 30.3. The van der Waals surface area contributed by atoms with Crippen molar-refractivity contribution in [3.8, 4) is 0 Å². The molecule has 0 amide bonds. The van der Waals surface area contributed by atoms with Crippen LogP contribution in [-0.4, -0.2) is 49.9 Å². The number of fused-ring (bicyclic) bond motifs is 1. The van der Waals surface area contributed by atoms with Crippen LogP contribution < -0.4 is 11.2 Å². The molecule has 4 heterocycles. The highest BCUT2D eigenvalue weighted by Crippen LogP contribution is 2.25. The fourth-order valence-corrected chi connectivity index (χ4v) is 6.23. The lowest BCUT2D eigenvalue weighted by Crippen LogP contribution is -2.35. The zero-order chi connectivity index (χ0) is 23.6. The predicted molar refractivity (Wildman–Crippen MR) is 127 cm³/mol. The van der Waals surface area contributed by atoms with Crippen LogP contribution in [0.4, 0.5) is 0 Å². The third kappa shape index (κ3) is 4.78. The monoisotopic (exact) mass is 492 g/mol. The quantitative estimate of drug-likeness (QED) is 0.478. The Morgan fingerprint density at radius 2 is 1.91 bits per heavy atom. The van der Waals surface area contributed by atoms with E-state index < -0.39 is 21.3 Å². The average molecular weight is 493 g/mol. The van der Waals surface area contributed by atoms with Crippen LogP contribution >= 0.6 is 11.8 Å². The molecule has 0 aliphatic carbocycles. The number of nitrogens with one attached hydrogen (secondary N) is 1. The summed E-state index contributed by atoms with van der Waals surface area (Å²) in [6.07, 6.45) is 5.94. The molecule has 0 bridgehead atoms. The maximum Gasteiger partial charge on any atom is 0.330 e. The molecule has 0 radical (unpaired) electrons. The molecule has 178 valence electrons. The first kappa shape index (κ1) is 23.7.